The Bertz CT molecular complexity index is 274. The molecule has 1 unspecified atom stereocenters. The first-order valence-electron chi connectivity index (χ1n) is 4.02. The molecule has 0 saturated heterocycles. The van der Waals surface area contributed by atoms with Gasteiger partial charge in [-0.15, -0.1) is 11.6 Å². The average molecular weight is 215 g/mol. The van der Waals surface area contributed by atoms with Gasteiger partial charge in [0.15, 0.2) is 5.12 Å². The first kappa shape index (κ1) is 10.6. The summed E-state index contributed by atoms with van der Waals surface area (Å²) in [5.74, 6) is 0.467. The molecule has 0 radical (unpaired) electrons. The zero-order chi connectivity index (χ0) is 9.68. The highest BCUT2D eigenvalue weighted by molar-refractivity contribution is 8.13. The Balaban J connectivity index is 2.73. The number of benzene rings is 1. The van der Waals surface area contributed by atoms with Crippen LogP contribution in [-0.4, -0.2) is 11.0 Å². The Morgan fingerprint density at radius 3 is 2.54 bits per heavy atom. The highest BCUT2D eigenvalue weighted by Crippen LogP contribution is 2.29. The van der Waals surface area contributed by atoms with Gasteiger partial charge in [0, 0.05) is 12.8 Å². The molecule has 1 atom stereocenters. The van der Waals surface area contributed by atoms with Crippen LogP contribution in [-0.2, 0) is 4.79 Å². The average Bonchev–Trinajstić information content (AvgIpc) is 2.15. The summed E-state index contributed by atoms with van der Waals surface area (Å²) in [6.07, 6.45) is 0. The number of carbonyl (C=O) groups is 1. The van der Waals surface area contributed by atoms with Crippen LogP contribution in [0.5, 0.6) is 0 Å². The molecule has 0 saturated carbocycles. The highest BCUT2D eigenvalue weighted by atomic mass is 35.5. The third-order valence-electron chi connectivity index (χ3n) is 1.62. The van der Waals surface area contributed by atoms with E-state index in [-0.39, 0.29) is 10.4 Å². The maximum absolute atomic E-state index is 10.9. The van der Waals surface area contributed by atoms with Gasteiger partial charge in [0.2, 0.25) is 0 Å². The maximum atomic E-state index is 10.9. The van der Waals surface area contributed by atoms with Crippen LogP contribution in [0, 0.1) is 0 Å². The monoisotopic (exact) mass is 214 g/mol. The first-order chi connectivity index (χ1) is 6.24. The van der Waals surface area contributed by atoms with Crippen LogP contribution in [0.3, 0.4) is 0 Å². The van der Waals surface area contributed by atoms with E-state index in [2.05, 4.69) is 0 Å². The molecule has 0 aliphatic rings. The minimum Gasteiger partial charge on any atom is -0.288 e. The summed E-state index contributed by atoms with van der Waals surface area (Å²) in [6, 6.07) is 9.84. The molecule has 0 spiro atoms. The van der Waals surface area contributed by atoms with Crippen LogP contribution < -0.4 is 0 Å². The van der Waals surface area contributed by atoms with E-state index >= 15 is 0 Å². The third-order valence-corrected chi connectivity index (χ3v) is 3.17. The molecule has 0 bridgehead atoms. The third kappa shape index (κ3) is 3.41. The fourth-order valence-electron chi connectivity index (χ4n) is 1.06. The van der Waals surface area contributed by atoms with Gasteiger partial charge in [-0.25, -0.2) is 0 Å². The second-order valence-electron chi connectivity index (χ2n) is 2.66. The molecule has 3 heteroatoms. The van der Waals surface area contributed by atoms with Gasteiger partial charge in [0.1, 0.15) is 0 Å². The molecule has 70 valence electrons. The molecule has 1 aromatic carbocycles. The van der Waals surface area contributed by atoms with Crippen LogP contribution in [0.1, 0.15) is 17.7 Å². The molecule has 13 heavy (non-hydrogen) atoms. The van der Waals surface area contributed by atoms with E-state index in [4.69, 9.17) is 11.6 Å². The molecule has 1 nitrogen and oxygen atoms in total. The zero-order valence-corrected chi connectivity index (χ0v) is 8.94. The lowest BCUT2D eigenvalue weighted by Gasteiger charge is -2.10. The molecular formula is C10H11ClOS. The van der Waals surface area contributed by atoms with Gasteiger partial charge in [-0.2, -0.15) is 0 Å². The highest BCUT2D eigenvalue weighted by Gasteiger charge is 2.12. The molecule has 0 aromatic heterocycles. The van der Waals surface area contributed by atoms with E-state index in [1.807, 2.05) is 30.3 Å². The van der Waals surface area contributed by atoms with E-state index in [9.17, 15) is 4.79 Å². The van der Waals surface area contributed by atoms with E-state index in [0.29, 0.717) is 5.88 Å². The van der Waals surface area contributed by atoms with Crippen molar-refractivity contribution in [3.8, 4) is 0 Å². The normalized spacial score (nSPS) is 12.5. The summed E-state index contributed by atoms with van der Waals surface area (Å²) in [6.45, 7) is 1.56. The van der Waals surface area contributed by atoms with Gasteiger partial charge in [-0.1, -0.05) is 42.1 Å². The predicted molar refractivity (Wildman–Crippen MR) is 58.2 cm³/mol. The minimum absolute atomic E-state index is 0.0837. The maximum Gasteiger partial charge on any atom is 0.186 e. The van der Waals surface area contributed by atoms with Crippen molar-refractivity contribution in [2.24, 2.45) is 0 Å². The molecular weight excluding hydrogens is 204 g/mol. The standard InChI is InChI=1S/C10H11ClOS/c1-8(12)13-10(7-11)9-5-3-2-4-6-9/h2-6,10H,7H2,1H3. The van der Waals surface area contributed by atoms with Gasteiger partial charge >= 0.3 is 0 Å². The Morgan fingerprint density at radius 1 is 1.46 bits per heavy atom. The van der Waals surface area contributed by atoms with Crippen LogP contribution >= 0.6 is 23.4 Å². The van der Waals surface area contributed by atoms with Crippen molar-refractivity contribution in [2.75, 3.05) is 5.88 Å². The summed E-state index contributed by atoms with van der Waals surface area (Å²) in [5, 5.41) is 0.190. The molecule has 0 N–H and O–H groups in total. The zero-order valence-electron chi connectivity index (χ0n) is 7.37. The Labute approximate surface area is 87.5 Å². The lowest BCUT2D eigenvalue weighted by molar-refractivity contribution is -0.109. The van der Waals surface area contributed by atoms with E-state index in [1.54, 1.807) is 6.92 Å². The van der Waals surface area contributed by atoms with E-state index in [0.717, 1.165) is 5.56 Å². The van der Waals surface area contributed by atoms with Gasteiger partial charge in [-0.3, -0.25) is 4.79 Å². The number of hydrogen-bond acceptors (Lipinski definition) is 2. The number of rotatable bonds is 3. The molecule has 0 aliphatic carbocycles. The number of carbonyl (C=O) groups excluding carboxylic acids is 1. The summed E-state index contributed by atoms with van der Waals surface area (Å²) < 4.78 is 0. The van der Waals surface area contributed by atoms with Crippen molar-refractivity contribution in [1.82, 2.24) is 0 Å². The predicted octanol–water partition coefficient (Wildman–Crippen LogP) is 3.25. The summed E-state index contributed by atoms with van der Waals surface area (Å²) in [4.78, 5) is 10.9. The van der Waals surface area contributed by atoms with Crippen molar-refractivity contribution < 1.29 is 4.79 Å². The molecule has 0 fully saturated rings. The quantitative estimate of drug-likeness (QED) is 0.719. The fourth-order valence-corrected chi connectivity index (χ4v) is 2.18. The largest absolute Gasteiger partial charge is 0.288 e. The summed E-state index contributed by atoms with van der Waals surface area (Å²) >= 11 is 7.05. The molecule has 1 rings (SSSR count). The van der Waals surface area contributed by atoms with Crippen molar-refractivity contribution in [3.63, 3.8) is 0 Å². The van der Waals surface area contributed by atoms with Crippen LogP contribution in [0.4, 0.5) is 0 Å². The number of hydrogen-bond donors (Lipinski definition) is 0. The Morgan fingerprint density at radius 2 is 2.08 bits per heavy atom. The second kappa shape index (κ2) is 5.30. The number of halogens is 1. The summed E-state index contributed by atoms with van der Waals surface area (Å²) in [5.41, 5.74) is 1.11. The lowest BCUT2D eigenvalue weighted by Crippen LogP contribution is -1.98. The molecule has 1 aromatic rings. The van der Waals surface area contributed by atoms with Gasteiger partial charge in [-0.05, 0) is 5.56 Å². The number of alkyl halides is 1. The Hall–Kier alpha value is -0.470. The Kier molecular flexibility index (Phi) is 4.33. The van der Waals surface area contributed by atoms with Gasteiger partial charge < -0.3 is 0 Å². The molecule has 0 amide bonds. The topological polar surface area (TPSA) is 17.1 Å². The van der Waals surface area contributed by atoms with Crippen LogP contribution in [0.2, 0.25) is 0 Å². The second-order valence-corrected chi connectivity index (χ2v) is 4.35. The van der Waals surface area contributed by atoms with Crippen molar-refractivity contribution >= 4 is 28.5 Å². The van der Waals surface area contributed by atoms with Gasteiger partial charge in [0.05, 0.1) is 5.25 Å². The fraction of sp³-hybridized carbons (Fsp3) is 0.300. The van der Waals surface area contributed by atoms with Crippen molar-refractivity contribution in [1.29, 1.82) is 0 Å². The van der Waals surface area contributed by atoms with Crippen LogP contribution in [0.25, 0.3) is 0 Å². The van der Waals surface area contributed by atoms with E-state index < -0.39 is 0 Å². The minimum atomic E-state index is 0.0837. The summed E-state index contributed by atoms with van der Waals surface area (Å²) in [7, 11) is 0. The SMILES string of the molecule is CC(=O)SC(CCl)c1ccccc1. The number of thioether (sulfide) groups is 1. The first-order valence-corrected chi connectivity index (χ1v) is 5.43. The van der Waals surface area contributed by atoms with E-state index in [1.165, 1.54) is 11.8 Å². The molecule has 0 aliphatic heterocycles. The van der Waals surface area contributed by atoms with Crippen molar-refractivity contribution in [2.45, 2.75) is 12.2 Å². The molecule has 0 heterocycles. The van der Waals surface area contributed by atoms with Crippen molar-refractivity contribution in [3.05, 3.63) is 35.9 Å². The lowest BCUT2D eigenvalue weighted by atomic mass is 10.2. The van der Waals surface area contributed by atoms with Crippen LogP contribution in [0.15, 0.2) is 30.3 Å². The smallest absolute Gasteiger partial charge is 0.186 e. The van der Waals surface area contributed by atoms with Gasteiger partial charge in [0.25, 0.3) is 0 Å².